The number of rotatable bonds is 2. The molecule has 3 heteroatoms. The van der Waals surface area contributed by atoms with Crippen molar-refractivity contribution in [1.29, 1.82) is 0 Å². The molecule has 0 amide bonds. The zero-order valence-corrected chi connectivity index (χ0v) is 7.23. The minimum absolute atomic E-state index is 0.346. The Kier molecular flexibility index (Phi) is 1.48. The lowest BCUT2D eigenvalue weighted by molar-refractivity contribution is 0.00714. The molecule has 3 heterocycles. The van der Waals surface area contributed by atoms with Gasteiger partial charge in [0.2, 0.25) is 0 Å². The molecule has 0 N–H and O–H groups in total. The second-order valence-corrected chi connectivity index (χ2v) is 4.10. The monoisotopic (exact) mass is 170 g/mol. The highest BCUT2D eigenvalue weighted by Crippen LogP contribution is 2.37. The van der Waals surface area contributed by atoms with Gasteiger partial charge in [-0.1, -0.05) is 6.92 Å². The lowest BCUT2D eigenvalue weighted by Gasteiger charge is -2.11. The number of epoxide rings is 2. The molecule has 5 atom stereocenters. The van der Waals surface area contributed by atoms with Crippen molar-refractivity contribution in [2.24, 2.45) is 5.92 Å². The Labute approximate surface area is 72.0 Å². The quantitative estimate of drug-likeness (QED) is 0.568. The van der Waals surface area contributed by atoms with Crippen molar-refractivity contribution in [2.75, 3.05) is 13.2 Å². The third-order valence-electron chi connectivity index (χ3n) is 3.00. The third kappa shape index (κ3) is 1.16. The van der Waals surface area contributed by atoms with Gasteiger partial charge < -0.3 is 14.2 Å². The molecule has 3 rings (SSSR count). The largest absolute Gasteiger partial charge is 0.370 e. The maximum absolute atomic E-state index is 5.87. The molecule has 3 nitrogen and oxygen atoms in total. The molecule has 12 heavy (non-hydrogen) atoms. The van der Waals surface area contributed by atoms with E-state index in [0.717, 1.165) is 19.6 Å². The molecule has 0 radical (unpaired) electrons. The summed E-state index contributed by atoms with van der Waals surface area (Å²) < 4.78 is 16.3. The van der Waals surface area contributed by atoms with E-state index in [-0.39, 0.29) is 0 Å². The van der Waals surface area contributed by atoms with Gasteiger partial charge in [0.25, 0.3) is 0 Å². The Morgan fingerprint density at radius 3 is 2.25 bits per heavy atom. The molecule has 0 spiro atoms. The Morgan fingerprint density at radius 1 is 1.00 bits per heavy atom. The van der Waals surface area contributed by atoms with Gasteiger partial charge >= 0.3 is 0 Å². The van der Waals surface area contributed by atoms with Gasteiger partial charge in [0.05, 0.1) is 25.4 Å². The van der Waals surface area contributed by atoms with E-state index in [2.05, 4.69) is 6.92 Å². The van der Waals surface area contributed by atoms with E-state index in [9.17, 15) is 0 Å². The fourth-order valence-electron chi connectivity index (χ4n) is 2.10. The van der Waals surface area contributed by atoms with Crippen LogP contribution in [0, 0.1) is 5.92 Å². The molecular weight excluding hydrogens is 156 g/mol. The first-order valence-corrected chi connectivity index (χ1v) is 4.73. The molecule has 3 aliphatic heterocycles. The molecule has 0 aromatic carbocycles. The van der Waals surface area contributed by atoms with Crippen LogP contribution in [0.4, 0.5) is 0 Å². The number of ether oxygens (including phenoxy) is 3. The summed E-state index contributed by atoms with van der Waals surface area (Å²) in [5, 5.41) is 0. The summed E-state index contributed by atoms with van der Waals surface area (Å²) in [6, 6.07) is 0. The molecule has 0 aliphatic carbocycles. The molecule has 3 aliphatic rings. The lowest BCUT2D eigenvalue weighted by Crippen LogP contribution is -2.22. The van der Waals surface area contributed by atoms with Crippen LogP contribution >= 0.6 is 0 Å². The van der Waals surface area contributed by atoms with Crippen LogP contribution in [-0.4, -0.2) is 37.6 Å². The minimum atomic E-state index is 0.346. The summed E-state index contributed by atoms with van der Waals surface area (Å²) >= 11 is 0. The molecule has 0 bridgehead atoms. The van der Waals surface area contributed by atoms with E-state index in [1.54, 1.807) is 0 Å². The summed E-state index contributed by atoms with van der Waals surface area (Å²) in [5.74, 6) is 0.645. The highest BCUT2D eigenvalue weighted by Gasteiger charge is 2.48. The van der Waals surface area contributed by atoms with Crippen molar-refractivity contribution < 1.29 is 14.2 Å². The molecule has 3 saturated heterocycles. The van der Waals surface area contributed by atoms with Gasteiger partial charge in [0.15, 0.2) is 0 Å². The predicted molar refractivity (Wildman–Crippen MR) is 41.9 cm³/mol. The summed E-state index contributed by atoms with van der Waals surface area (Å²) in [7, 11) is 0. The average Bonchev–Trinajstić information content (AvgIpc) is 2.93. The zero-order valence-electron chi connectivity index (χ0n) is 7.23. The molecular formula is C9H14O3. The van der Waals surface area contributed by atoms with Crippen molar-refractivity contribution in [1.82, 2.24) is 0 Å². The van der Waals surface area contributed by atoms with Crippen molar-refractivity contribution >= 4 is 0 Å². The van der Waals surface area contributed by atoms with Crippen molar-refractivity contribution in [3.63, 3.8) is 0 Å². The van der Waals surface area contributed by atoms with Crippen LogP contribution in [0.1, 0.15) is 13.3 Å². The zero-order chi connectivity index (χ0) is 8.13. The fourth-order valence-corrected chi connectivity index (χ4v) is 2.10. The van der Waals surface area contributed by atoms with Crippen molar-refractivity contribution in [3.05, 3.63) is 0 Å². The predicted octanol–water partition coefficient (Wildman–Crippen LogP) is 0.578. The smallest absolute Gasteiger partial charge is 0.107 e. The van der Waals surface area contributed by atoms with Gasteiger partial charge in [0.1, 0.15) is 12.2 Å². The Balaban J connectivity index is 1.64. The van der Waals surface area contributed by atoms with Gasteiger partial charge in [-0.3, -0.25) is 0 Å². The summed E-state index contributed by atoms with van der Waals surface area (Å²) in [6.45, 7) is 4.04. The summed E-state index contributed by atoms with van der Waals surface area (Å²) in [4.78, 5) is 0. The van der Waals surface area contributed by atoms with Crippen LogP contribution in [0.3, 0.4) is 0 Å². The SMILES string of the molecule is CC1CC(C2CO2)OC1C1CO1. The highest BCUT2D eigenvalue weighted by atomic mass is 16.6. The normalized spacial score (nSPS) is 57.2. The first kappa shape index (κ1) is 7.30. The fraction of sp³-hybridized carbons (Fsp3) is 1.00. The molecule has 0 saturated carbocycles. The van der Waals surface area contributed by atoms with E-state index in [4.69, 9.17) is 14.2 Å². The van der Waals surface area contributed by atoms with E-state index in [0.29, 0.717) is 30.3 Å². The van der Waals surface area contributed by atoms with Crippen LogP contribution in [0.2, 0.25) is 0 Å². The van der Waals surface area contributed by atoms with E-state index in [1.165, 1.54) is 0 Å². The van der Waals surface area contributed by atoms with Crippen LogP contribution in [0.25, 0.3) is 0 Å². The Morgan fingerprint density at radius 2 is 1.67 bits per heavy atom. The number of hydrogen-bond acceptors (Lipinski definition) is 3. The first-order chi connectivity index (χ1) is 5.84. The summed E-state index contributed by atoms with van der Waals surface area (Å²) in [5.41, 5.74) is 0. The minimum Gasteiger partial charge on any atom is -0.370 e. The van der Waals surface area contributed by atoms with Gasteiger partial charge in [-0.05, 0) is 12.3 Å². The molecule has 3 fully saturated rings. The van der Waals surface area contributed by atoms with Crippen LogP contribution in [-0.2, 0) is 14.2 Å². The molecule has 0 aromatic rings. The molecule has 5 unspecified atom stereocenters. The maximum atomic E-state index is 5.87. The standard InChI is InChI=1S/C9H14O3/c1-5-2-6(7-3-10-7)12-9(5)8-4-11-8/h5-9H,2-4H2,1H3. The van der Waals surface area contributed by atoms with Crippen molar-refractivity contribution in [3.8, 4) is 0 Å². The van der Waals surface area contributed by atoms with E-state index in [1.807, 2.05) is 0 Å². The Bertz CT molecular complexity index is 186. The highest BCUT2D eigenvalue weighted by molar-refractivity contribution is 4.95. The van der Waals surface area contributed by atoms with Crippen LogP contribution < -0.4 is 0 Å². The van der Waals surface area contributed by atoms with Gasteiger partial charge in [-0.15, -0.1) is 0 Å². The molecule has 0 aromatic heterocycles. The van der Waals surface area contributed by atoms with E-state index < -0.39 is 0 Å². The van der Waals surface area contributed by atoms with Crippen LogP contribution in [0.5, 0.6) is 0 Å². The number of hydrogen-bond donors (Lipinski definition) is 0. The topological polar surface area (TPSA) is 34.3 Å². The second-order valence-electron chi connectivity index (χ2n) is 4.10. The Hall–Kier alpha value is -0.120. The van der Waals surface area contributed by atoms with Crippen LogP contribution in [0.15, 0.2) is 0 Å². The average molecular weight is 170 g/mol. The van der Waals surface area contributed by atoms with E-state index >= 15 is 0 Å². The second kappa shape index (κ2) is 2.44. The van der Waals surface area contributed by atoms with Crippen molar-refractivity contribution in [2.45, 2.75) is 37.8 Å². The van der Waals surface area contributed by atoms with Gasteiger partial charge in [0, 0.05) is 0 Å². The van der Waals surface area contributed by atoms with Gasteiger partial charge in [-0.2, -0.15) is 0 Å². The first-order valence-electron chi connectivity index (χ1n) is 4.73. The lowest BCUT2D eigenvalue weighted by atomic mass is 9.99. The maximum Gasteiger partial charge on any atom is 0.107 e. The third-order valence-corrected chi connectivity index (χ3v) is 3.00. The van der Waals surface area contributed by atoms with Gasteiger partial charge in [-0.25, -0.2) is 0 Å². The molecule has 68 valence electrons. The summed E-state index contributed by atoms with van der Waals surface area (Å²) in [6.07, 6.45) is 2.64.